The molecule has 1 saturated carbocycles. The van der Waals surface area contributed by atoms with Gasteiger partial charge in [0.05, 0.1) is 5.60 Å². The van der Waals surface area contributed by atoms with Gasteiger partial charge in [-0.3, -0.25) is 0 Å². The van der Waals surface area contributed by atoms with Crippen molar-refractivity contribution in [2.75, 3.05) is 7.11 Å². The second-order valence-electron chi connectivity index (χ2n) is 3.08. The fraction of sp³-hybridized carbons (Fsp3) is 1.00. The van der Waals surface area contributed by atoms with Crippen molar-refractivity contribution in [2.24, 2.45) is 5.92 Å². The van der Waals surface area contributed by atoms with E-state index in [0.717, 1.165) is 5.92 Å². The molecule has 54 valence electrons. The number of hydrogen-bond donors (Lipinski definition) is 0. The first kappa shape index (κ1) is 7.07. The third kappa shape index (κ3) is 1.11. The summed E-state index contributed by atoms with van der Waals surface area (Å²) in [6.45, 7) is 4.50. The highest BCUT2D eigenvalue weighted by Gasteiger charge is 2.46. The van der Waals surface area contributed by atoms with E-state index in [0.29, 0.717) is 5.60 Å². The predicted octanol–water partition coefficient (Wildman–Crippen LogP) is 2.21. The van der Waals surface area contributed by atoms with Crippen LogP contribution in [0.1, 0.15) is 33.1 Å². The van der Waals surface area contributed by atoms with Crippen LogP contribution in [0.4, 0.5) is 0 Å². The van der Waals surface area contributed by atoms with Gasteiger partial charge in [-0.2, -0.15) is 0 Å². The Bertz CT molecular complexity index is 94.7. The zero-order valence-corrected chi connectivity index (χ0v) is 6.61. The van der Waals surface area contributed by atoms with Crippen molar-refractivity contribution in [3.05, 3.63) is 0 Å². The van der Waals surface area contributed by atoms with Crippen molar-refractivity contribution < 1.29 is 4.74 Å². The molecule has 0 aromatic carbocycles. The molecule has 1 rings (SSSR count). The lowest BCUT2D eigenvalue weighted by Crippen LogP contribution is -2.20. The molecule has 1 aliphatic rings. The Morgan fingerprint density at radius 2 is 2.11 bits per heavy atom. The van der Waals surface area contributed by atoms with Gasteiger partial charge in [0.2, 0.25) is 0 Å². The summed E-state index contributed by atoms with van der Waals surface area (Å²) in [7, 11) is 1.83. The van der Waals surface area contributed by atoms with Crippen LogP contribution in [-0.2, 0) is 4.74 Å². The standard InChI is InChI=1S/C8H16O/c1-4-7(2)8(9-3)5-6-8/h7H,4-6H2,1-3H3. The molecule has 0 amide bonds. The molecule has 1 nitrogen and oxygen atoms in total. The molecule has 1 unspecified atom stereocenters. The van der Waals surface area contributed by atoms with Gasteiger partial charge in [0, 0.05) is 7.11 Å². The Morgan fingerprint density at radius 3 is 2.22 bits per heavy atom. The van der Waals surface area contributed by atoms with E-state index in [-0.39, 0.29) is 0 Å². The molecule has 0 heterocycles. The van der Waals surface area contributed by atoms with Gasteiger partial charge in [0.25, 0.3) is 0 Å². The Hall–Kier alpha value is -0.0400. The maximum Gasteiger partial charge on any atom is 0.0706 e. The molecule has 1 fully saturated rings. The fourth-order valence-electron chi connectivity index (χ4n) is 1.39. The smallest absolute Gasteiger partial charge is 0.0706 e. The quantitative estimate of drug-likeness (QED) is 0.566. The van der Waals surface area contributed by atoms with E-state index in [1.807, 2.05) is 7.11 Å². The van der Waals surface area contributed by atoms with E-state index in [2.05, 4.69) is 13.8 Å². The zero-order chi connectivity index (χ0) is 6.91. The van der Waals surface area contributed by atoms with Crippen LogP contribution in [-0.4, -0.2) is 12.7 Å². The molecule has 1 heteroatoms. The van der Waals surface area contributed by atoms with E-state index in [1.54, 1.807) is 0 Å². The summed E-state index contributed by atoms with van der Waals surface area (Å²) in [5.74, 6) is 0.752. The average Bonchev–Trinajstić information content (AvgIpc) is 2.66. The molecule has 0 aliphatic heterocycles. The van der Waals surface area contributed by atoms with Gasteiger partial charge in [-0.1, -0.05) is 20.3 Å². The molecule has 0 radical (unpaired) electrons. The maximum atomic E-state index is 5.40. The van der Waals surface area contributed by atoms with Crippen LogP contribution in [0.15, 0.2) is 0 Å². The SMILES string of the molecule is CCC(C)C1(OC)CC1. The molecule has 0 saturated heterocycles. The van der Waals surface area contributed by atoms with Crippen molar-refractivity contribution in [3.8, 4) is 0 Å². The van der Waals surface area contributed by atoms with E-state index < -0.39 is 0 Å². The third-order valence-corrected chi connectivity index (χ3v) is 2.66. The molecular weight excluding hydrogens is 112 g/mol. The van der Waals surface area contributed by atoms with E-state index >= 15 is 0 Å². The Labute approximate surface area is 57.4 Å². The monoisotopic (exact) mass is 128 g/mol. The van der Waals surface area contributed by atoms with E-state index in [4.69, 9.17) is 4.74 Å². The summed E-state index contributed by atoms with van der Waals surface area (Å²) in [6.07, 6.45) is 3.80. The number of hydrogen-bond acceptors (Lipinski definition) is 1. The van der Waals surface area contributed by atoms with Gasteiger partial charge >= 0.3 is 0 Å². The third-order valence-electron chi connectivity index (χ3n) is 2.66. The van der Waals surface area contributed by atoms with Crippen LogP contribution in [0, 0.1) is 5.92 Å². The average molecular weight is 128 g/mol. The van der Waals surface area contributed by atoms with E-state index in [1.165, 1.54) is 19.3 Å². The second-order valence-corrected chi connectivity index (χ2v) is 3.08. The van der Waals surface area contributed by atoms with E-state index in [9.17, 15) is 0 Å². The molecule has 1 aliphatic carbocycles. The van der Waals surface area contributed by atoms with Crippen LogP contribution in [0.25, 0.3) is 0 Å². The molecule has 9 heavy (non-hydrogen) atoms. The van der Waals surface area contributed by atoms with Gasteiger partial charge < -0.3 is 4.74 Å². The van der Waals surface area contributed by atoms with Crippen LogP contribution in [0.3, 0.4) is 0 Å². The summed E-state index contributed by atoms with van der Waals surface area (Å²) >= 11 is 0. The zero-order valence-electron chi connectivity index (χ0n) is 6.61. The van der Waals surface area contributed by atoms with Crippen molar-refractivity contribution in [1.82, 2.24) is 0 Å². The lowest BCUT2D eigenvalue weighted by atomic mass is 10.00. The minimum atomic E-state index is 0.300. The highest BCUT2D eigenvalue weighted by molar-refractivity contribution is 4.98. The number of methoxy groups -OCH3 is 1. The molecular formula is C8H16O. The Morgan fingerprint density at radius 1 is 1.56 bits per heavy atom. The van der Waals surface area contributed by atoms with Gasteiger partial charge in [0.15, 0.2) is 0 Å². The van der Waals surface area contributed by atoms with Gasteiger partial charge in [0.1, 0.15) is 0 Å². The van der Waals surface area contributed by atoms with Gasteiger partial charge in [-0.15, -0.1) is 0 Å². The molecule has 0 bridgehead atoms. The minimum absolute atomic E-state index is 0.300. The summed E-state index contributed by atoms with van der Waals surface area (Å²) in [4.78, 5) is 0. The molecule has 0 aromatic heterocycles. The van der Waals surface area contributed by atoms with Crippen LogP contribution in [0.2, 0.25) is 0 Å². The normalized spacial score (nSPS) is 25.7. The van der Waals surface area contributed by atoms with Crippen molar-refractivity contribution in [1.29, 1.82) is 0 Å². The van der Waals surface area contributed by atoms with Gasteiger partial charge in [-0.05, 0) is 18.8 Å². The highest BCUT2D eigenvalue weighted by atomic mass is 16.5. The second kappa shape index (κ2) is 2.30. The first-order valence-electron chi connectivity index (χ1n) is 3.80. The molecule has 0 aromatic rings. The number of rotatable bonds is 3. The predicted molar refractivity (Wildman–Crippen MR) is 38.4 cm³/mol. The topological polar surface area (TPSA) is 9.23 Å². The van der Waals surface area contributed by atoms with Crippen LogP contribution >= 0.6 is 0 Å². The summed E-state index contributed by atoms with van der Waals surface area (Å²) in [5.41, 5.74) is 0.300. The summed E-state index contributed by atoms with van der Waals surface area (Å²) < 4.78 is 5.40. The Balaban J connectivity index is 2.39. The lowest BCUT2D eigenvalue weighted by molar-refractivity contribution is 0.0336. The number of ether oxygens (including phenoxy) is 1. The maximum absolute atomic E-state index is 5.40. The molecule has 1 atom stereocenters. The molecule has 0 spiro atoms. The highest BCUT2D eigenvalue weighted by Crippen LogP contribution is 2.46. The van der Waals surface area contributed by atoms with Crippen molar-refractivity contribution >= 4 is 0 Å². The minimum Gasteiger partial charge on any atom is -0.378 e. The summed E-state index contributed by atoms with van der Waals surface area (Å²) in [6, 6.07) is 0. The Kier molecular flexibility index (Phi) is 1.80. The fourth-order valence-corrected chi connectivity index (χ4v) is 1.39. The van der Waals surface area contributed by atoms with Crippen molar-refractivity contribution in [3.63, 3.8) is 0 Å². The van der Waals surface area contributed by atoms with Crippen LogP contribution < -0.4 is 0 Å². The first-order valence-corrected chi connectivity index (χ1v) is 3.80. The van der Waals surface area contributed by atoms with Crippen molar-refractivity contribution in [2.45, 2.75) is 38.7 Å². The largest absolute Gasteiger partial charge is 0.378 e. The van der Waals surface area contributed by atoms with Crippen LogP contribution in [0.5, 0.6) is 0 Å². The summed E-state index contributed by atoms with van der Waals surface area (Å²) in [5, 5.41) is 0. The first-order chi connectivity index (χ1) is 4.25. The molecule has 0 N–H and O–H groups in total. The lowest BCUT2D eigenvalue weighted by Gasteiger charge is -2.19. The van der Waals surface area contributed by atoms with Gasteiger partial charge in [-0.25, -0.2) is 0 Å².